The summed E-state index contributed by atoms with van der Waals surface area (Å²) in [5.41, 5.74) is 0. The summed E-state index contributed by atoms with van der Waals surface area (Å²) < 4.78 is 0. The Kier molecular flexibility index (Phi) is 4.10. The van der Waals surface area contributed by atoms with Gasteiger partial charge in [-0.15, -0.1) is 11.3 Å². The van der Waals surface area contributed by atoms with E-state index in [0.717, 1.165) is 11.4 Å². The Labute approximate surface area is 87.8 Å². The van der Waals surface area contributed by atoms with E-state index < -0.39 is 12.0 Å². The summed E-state index contributed by atoms with van der Waals surface area (Å²) in [7, 11) is 0. The molecule has 0 spiro atoms. The first-order valence-electron chi connectivity index (χ1n) is 4.61. The van der Waals surface area contributed by atoms with Crippen LogP contribution in [0.15, 0.2) is 17.5 Å². The lowest BCUT2D eigenvalue weighted by Crippen LogP contribution is -2.30. The van der Waals surface area contributed by atoms with Crippen molar-refractivity contribution in [1.82, 2.24) is 5.32 Å². The fourth-order valence-corrected chi connectivity index (χ4v) is 1.91. The van der Waals surface area contributed by atoms with Gasteiger partial charge < -0.3 is 5.11 Å². The lowest BCUT2D eigenvalue weighted by Gasteiger charge is -2.14. The van der Waals surface area contributed by atoms with Crippen molar-refractivity contribution in [2.75, 3.05) is 6.54 Å². The number of rotatable bonds is 5. The van der Waals surface area contributed by atoms with E-state index >= 15 is 0 Å². The summed E-state index contributed by atoms with van der Waals surface area (Å²) in [6.45, 7) is 4.83. The van der Waals surface area contributed by atoms with Crippen LogP contribution in [0, 0.1) is 5.92 Å². The zero-order chi connectivity index (χ0) is 10.6. The van der Waals surface area contributed by atoms with E-state index in [1.165, 1.54) is 11.3 Å². The van der Waals surface area contributed by atoms with E-state index in [-0.39, 0.29) is 0 Å². The second-order valence-electron chi connectivity index (χ2n) is 3.59. The van der Waals surface area contributed by atoms with E-state index in [1.54, 1.807) is 0 Å². The Morgan fingerprint density at radius 1 is 1.64 bits per heavy atom. The minimum atomic E-state index is -0.812. The van der Waals surface area contributed by atoms with Crippen LogP contribution >= 0.6 is 11.3 Å². The number of hydrogen-bond acceptors (Lipinski definition) is 3. The fourth-order valence-electron chi connectivity index (χ4n) is 1.12. The van der Waals surface area contributed by atoms with Gasteiger partial charge in [-0.3, -0.25) is 10.1 Å². The molecule has 0 aromatic carbocycles. The number of carboxylic acids is 1. The van der Waals surface area contributed by atoms with Crippen LogP contribution < -0.4 is 5.32 Å². The number of carbonyl (C=O) groups is 1. The van der Waals surface area contributed by atoms with Crippen LogP contribution in [0.3, 0.4) is 0 Å². The normalized spacial score (nSPS) is 13.1. The molecule has 1 atom stereocenters. The lowest BCUT2D eigenvalue weighted by atomic mass is 10.2. The first kappa shape index (κ1) is 11.2. The molecule has 0 fully saturated rings. The molecule has 0 aliphatic rings. The van der Waals surface area contributed by atoms with Gasteiger partial charge in [-0.25, -0.2) is 0 Å². The van der Waals surface area contributed by atoms with Crippen molar-refractivity contribution in [3.05, 3.63) is 22.4 Å². The fraction of sp³-hybridized carbons (Fsp3) is 0.500. The molecule has 14 heavy (non-hydrogen) atoms. The van der Waals surface area contributed by atoms with Crippen molar-refractivity contribution < 1.29 is 9.90 Å². The summed E-state index contributed by atoms with van der Waals surface area (Å²) in [5, 5.41) is 13.9. The molecule has 1 aromatic rings. The molecule has 0 bridgehead atoms. The number of hydrogen-bond donors (Lipinski definition) is 2. The van der Waals surface area contributed by atoms with E-state index in [0.29, 0.717) is 5.92 Å². The second kappa shape index (κ2) is 5.12. The highest BCUT2D eigenvalue weighted by atomic mass is 32.1. The average molecular weight is 213 g/mol. The molecule has 1 unspecified atom stereocenters. The highest BCUT2D eigenvalue weighted by Gasteiger charge is 2.19. The number of carboxylic acid groups (broad SMARTS) is 1. The van der Waals surface area contributed by atoms with Crippen LogP contribution in [0.2, 0.25) is 0 Å². The van der Waals surface area contributed by atoms with Crippen LogP contribution in [0.4, 0.5) is 0 Å². The summed E-state index contributed by atoms with van der Waals surface area (Å²) in [4.78, 5) is 11.8. The van der Waals surface area contributed by atoms with E-state index in [1.807, 2.05) is 17.5 Å². The molecule has 1 aromatic heterocycles. The first-order valence-corrected chi connectivity index (χ1v) is 5.49. The Hall–Kier alpha value is -0.870. The smallest absolute Gasteiger partial charge is 0.326 e. The first-order chi connectivity index (χ1) is 6.61. The predicted molar refractivity (Wildman–Crippen MR) is 57.5 cm³/mol. The summed E-state index contributed by atoms with van der Waals surface area (Å²) in [6.07, 6.45) is 0. The Bertz CT molecular complexity index is 282. The Morgan fingerprint density at radius 3 is 2.79 bits per heavy atom. The molecule has 0 saturated heterocycles. The molecule has 0 aliphatic heterocycles. The maximum absolute atomic E-state index is 11.0. The zero-order valence-corrected chi connectivity index (χ0v) is 9.17. The van der Waals surface area contributed by atoms with Crippen LogP contribution in [0.1, 0.15) is 24.8 Å². The van der Waals surface area contributed by atoms with E-state index in [4.69, 9.17) is 5.11 Å². The topological polar surface area (TPSA) is 49.3 Å². The van der Waals surface area contributed by atoms with Crippen molar-refractivity contribution in [2.45, 2.75) is 19.9 Å². The molecule has 1 rings (SSSR count). The maximum atomic E-state index is 11.0. The molecular formula is C10H15NO2S. The third-order valence-corrected chi connectivity index (χ3v) is 2.74. The van der Waals surface area contributed by atoms with Crippen LogP contribution in [0.5, 0.6) is 0 Å². The largest absolute Gasteiger partial charge is 0.480 e. The van der Waals surface area contributed by atoms with Crippen LogP contribution in [0.25, 0.3) is 0 Å². The van der Waals surface area contributed by atoms with Crippen molar-refractivity contribution >= 4 is 17.3 Å². The minimum absolute atomic E-state index is 0.455. The van der Waals surface area contributed by atoms with E-state index in [9.17, 15) is 4.79 Å². The van der Waals surface area contributed by atoms with Gasteiger partial charge in [0.05, 0.1) is 0 Å². The average Bonchev–Trinajstić information content (AvgIpc) is 2.56. The van der Waals surface area contributed by atoms with Gasteiger partial charge in [0.25, 0.3) is 0 Å². The van der Waals surface area contributed by atoms with Crippen molar-refractivity contribution in [3.63, 3.8) is 0 Å². The van der Waals surface area contributed by atoms with Gasteiger partial charge in [0.15, 0.2) is 0 Å². The molecule has 0 saturated carbocycles. The molecule has 78 valence electrons. The van der Waals surface area contributed by atoms with Crippen molar-refractivity contribution in [3.8, 4) is 0 Å². The second-order valence-corrected chi connectivity index (χ2v) is 4.57. The SMILES string of the molecule is CC(C)CNC(C(=O)O)c1cccs1. The van der Waals surface area contributed by atoms with Gasteiger partial charge in [-0.2, -0.15) is 0 Å². The zero-order valence-electron chi connectivity index (χ0n) is 8.36. The summed E-state index contributed by atoms with van der Waals surface area (Å²) in [5.74, 6) is -0.357. The van der Waals surface area contributed by atoms with Gasteiger partial charge in [-0.05, 0) is 23.9 Å². The van der Waals surface area contributed by atoms with Gasteiger partial charge in [0, 0.05) is 4.88 Å². The minimum Gasteiger partial charge on any atom is -0.480 e. The van der Waals surface area contributed by atoms with Gasteiger partial charge in [0.2, 0.25) is 0 Å². The predicted octanol–water partition coefficient (Wildman–Crippen LogP) is 2.12. The molecule has 0 amide bonds. The number of aliphatic carboxylic acids is 1. The summed E-state index contributed by atoms with van der Waals surface area (Å²) >= 11 is 1.47. The quantitative estimate of drug-likeness (QED) is 0.787. The van der Waals surface area contributed by atoms with E-state index in [2.05, 4.69) is 19.2 Å². The number of thiophene rings is 1. The Balaban J connectivity index is 2.61. The summed E-state index contributed by atoms with van der Waals surface area (Å²) in [6, 6.07) is 3.15. The molecule has 0 aliphatic carbocycles. The third kappa shape index (κ3) is 3.12. The van der Waals surface area contributed by atoms with Crippen LogP contribution in [-0.4, -0.2) is 17.6 Å². The number of nitrogens with one attached hydrogen (secondary N) is 1. The molecule has 1 heterocycles. The monoisotopic (exact) mass is 213 g/mol. The Morgan fingerprint density at radius 2 is 2.36 bits per heavy atom. The molecule has 0 radical (unpaired) electrons. The lowest BCUT2D eigenvalue weighted by molar-refractivity contribution is -0.139. The van der Waals surface area contributed by atoms with Gasteiger partial charge >= 0.3 is 5.97 Å². The van der Waals surface area contributed by atoms with Crippen LogP contribution in [-0.2, 0) is 4.79 Å². The molecule has 3 nitrogen and oxygen atoms in total. The molecule has 4 heteroatoms. The molecule has 2 N–H and O–H groups in total. The highest BCUT2D eigenvalue weighted by Crippen LogP contribution is 2.19. The standard InChI is InChI=1S/C10H15NO2S/c1-7(2)6-11-9(10(12)13)8-4-3-5-14-8/h3-5,7,9,11H,6H2,1-2H3,(H,12,13). The van der Waals surface area contributed by atoms with Gasteiger partial charge in [0.1, 0.15) is 6.04 Å². The third-order valence-electron chi connectivity index (χ3n) is 1.80. The molecular weight excluding hydrogens is 198 g/mol. The highest BCUT2D eigenvalue weighted by molar-refractivity contribution is 7.10. The maximum Gasteiger partial charge on any atom is 0.326 e. The van der Waals surface area contributed by atoms with Crippen molar-refractivity contribution in [1.29, 1.82) is 0 Å². The van der Waals surface area contributed by atoms with Crippen molar-refractivity contribution in [2.24, 2.45) is 5.92 Å². The van der Waals surface area contributed by atoms with Gasteiger partial charge in [-0.1, -0.05) is 19.9 Å².